The number of nitrogens with one attached hydrogen (secondary N) is 1. The lowest BCUT2D eigenvalue weighted by Crippen LogP contribution is -1.96. The molecule has 0 aliphatic carbocycles. The summed E-state index contributed by atoms with van der Waals surface area (Å²) in [5, 5.41) is 0.677. The van der Waals surface area contributed by atoms with E-state index in [1.54, 1.807) is 6.92 Å². The highest BCUT2D eigenvalue weighted by atomic mass is 32.2. The molecule has 1 aromatic carbocycles. The molecule has 96 valence electrons. The topological polar surface area (TPSA) is 47.3 Å². The maximum absolute atomic E-state index is 13.6. The van der Waals surface area contributed by atoms with Crippen LogP contribution in [0.3, 0.4) is 0 Å². The van der Waals surface area contributed by atoms with Gasteiger partial charge in [-0.3, -0.25) is 0 Å². The quantitative estimate of drug-likeness (QED) is 0.859. The van der Waals surface area contributed by atoms with E-state index in [2.05, 4.69) is 9.71 Å². The van der Waals surface area contributed by atoms with Crippen LogP contribution in [-0.2, 0) is 0 Å². The Labute approximate surface area is 109 Å². The summed E-state index contributed by atoms with van der Waals surface area (Å²) < 4.78 is 26.7. The number of benzene rings is 1. The highest BCUT2D eigenvalue weighted by molar-refractivity contribution is 8.00. The molecule has 18 heavy (non-hydrogen) atoms. The van der Waals surface area contributed by atoms with Crippen molar-refractivity contribution in [1.82, 2.24) is 4.98 Å². The van der Waals surface area contributed by atoms with Gasteiger partial charge in [0.2, 0.25) is 0 Å². The van der Waals surface area contributed by atoms with Crippen LogP contribution in [0.4, 0.5) is 10.1 Å². The number of aryl methyl sites for hydroxylation is 2. The number of oxazole rings is 1. The largest absolute Gasteiger partial charge is 0.492 e. The molecule has 0 radical (unpaired) electrons. The molecule has 2 rings (SSSR count). The van der Waals surface area contributed by atoms with Gasteiger partial charge in [0.05, 0.1) is 12.8 Å². The van der Waals surface area contributed by atoms with E-state index in [-0.39, 0.29) is 5.75 Å². The molecule has 4 nitrogen and oxygen atoms in total. The van der Waals surface area contributed by atoms with Crippen LogP contribution < -0.4 is 9.46 Å². The minimum Gasteiger partial charge on any atom is -0.492 e. The fraction of sp³-hybridized carbons (Fsp3) is 0.250. The number of nitrogens with zero attached hydrogens (tertiary/aromatic N) is 1. The SMILES string of the molecule is COc1c(F)cc(C)cc1NSc1coc(C)n1. The van der Waals surface area contributed by atoms with E-state index in [0.29, 0.717) is 16.6 Å². The van der Waals surface area contributed by atoms with Crippen molar-refractivity contribution < 1.29 is 13.5 Å². The smallest absolute Gasteiger partial charge is 0.192 e. The van der Waals surface area contributed by atoms with Crippen LogP contribution in [0.5, 0.6) is 5.75 Å². The molecule has 1 aromatic heterocycles. The molecule has 0 aliphatic heterocycles. The third-order valence-electron chi connectivity index (χ3n) is 2.26. The van der Waals surface area contributed by atoms with E-state index in [4.69, 9.17) is 9.15 Å². The summed E-state index contributed by atoms with van der Waals surface area (Å²) >= 11 is 1.24. The molecule has 0 amide bonds. The van der Waals surface area contributed by atoms with E-state index in [1.165, 1.54) is 31.4 Å². The minimum atomic E-state index is -0.392. The zero-order chi connectivity index (χ0) is 13.1. The minimum absolute atomic E-state index is 0.188. The molecule has 1 heterocycles. The third kappa shape index (κ3) is 2.76. The van der Waals surface area contributed by atoms with Gasteiger partial charge in [-0.05, 0) is 24.6 Å². The average Bonchev–Trinajstić information content (AvgIpc) is 2.72. The highest BCUT2D eigenvalue weighted by Gasteiger charge is 2.11. The Kier molecular flexibility index (Phi) is 3.76. The molecule has 2 aromatic rings. The van der Waals surface area contributed by atoms with Gasteiger partial charge in [0.25, 0.3) is 0 Å². The summed E-state index contributed by atoms with van der Waals surface area (Å²) in [6.07, 6.45) is 1.53. The van der Waals surface area contributed by atoms with Crippen molar-refractivity contribution in [2.75, 3.05) is 11.8 Å². The standard InChI is InChI=1S/C12H13FN2O2S/c1-7-4-9(13)12(16-3)10(5-7)15-18-11-6-17-8(2)14-11/h4-6,15H,1-3H3. The van der Waals surface area contributed by atoms with Crippen molar-refractivity contribution in [2.24, 2.45) is 0 Å². The van der Waals surface area contributed by atoms with Gasteiger partial charge in [0, 0.05) is 18.9 Å². The van der Waals surface area contributed by atoms with Gasteiger partial charge in [0.15, 0.2) is 22.5 Å². The summed E-state index contributed by atoms with van der Waals surface area (Å²) in [7, 11) is 1.43. The Bertz CT molecular complexity index is 557. The van der Waals surface area contributed by atoms with Crippen LogP contribution in [0.1, 0.15) is 11.5 Å². The lowest BCUT2D eigenvalue weighted by atomic mass is 10.2. The summed E-state index contributed by atoms with van der Waals surface area (Å²) in [5.41, 5.74) is 1.38. The number of anilines is 1. The van der Waals surface area contributed by atoms with E-state index >= 15 is 0 Å². The van der Waals surface area contributed by atoms with Crippen molar-refractivity contribution >= 4 is 17.6 Å². The van der Waals surface area contributed by atoms with Crippen molar-refractivity contribution in [3.05, 3.63) is 35.7 Å². The number of rotatable bonds is 4. The highest BCUT2D eigenvalue weighted by Crippen LogP contribution is 2.32. The lowest BCUT2D eigenvalue weighted by molar-refractivity contribution is 0.388. The Morgan fingerprint density at radius 2 is 2.17 bits per heavy atom. The molecule has 0 atom stereocenters. The van der Waals surface area contributed by atoms with Crippen LogP contribution >= 0.6 is 11.9 Å². The maximum Gasteiger partial charge on any atom is 0.192 e. The van der Waals surface area contributed by atoms with E-state index in [9.17, 15) is 4.39 Å². The van der Waals surface area contributed by atoms with Gasteiger partial charge < -0.3 is 13.9 Å². The molecule has 6 heteroatoms. The van der Waals surface area contributed by atoms with Gasteiger partial charge >= 0.3 is 0 Å². The molecule has 0 saturated heterocycles. The Morgan fingerprint density at radius 3 is 2.78 bits per heavy atom. The van der Waals surface area contributed by atoms with Gasteiger partial charge in [-0.2, -0.15) is 0 Å². The zero-order valence-electron chi connectivity index (χ0n) is 10.3. The van der Waals surface area contributed by atoms with Crippen LogP contribution in [0.25, 0.3) is 0 Å². The average molecular weight is 268 g/mol. The molecule has 1 N–H and O–H groups in total. The first kappa shape index (κ1) is 12.8. The second kappa shape index (κ2) is 5.30. The first-order valence-corrected chi connectivity index (χ1v) is 6.11. The van der Waals surface area contributed by atoms with Gasteiger partial charge in [-0.1, -0.05) is 0 Å². The first-order valence-electron chi connectivity index (χ1n) is 5.29. The summed E-state index contributed by atoms with van der Waals surface area (Å²) in [6, 6.07) is 3.23. The van der Waals surface area contributed by atoms with Crippen LogP contribution in [-0.4, -0.2) is 12.1 Å². The molecule has 0 aliphatic rings. The number of halogens is 1. The van der Waals surface area contributed by atoms with Crippen molar-refractivity contribution in [2.45, 2.75) is 18.9 Å². The number of methoxy groups -OCH3 is 1. The lowest BCUT2D eigenvalue weighted by Gasteiger charge is -2.11. The van der Waals surface area contributed by atoms with Crippen LogP contribution in [0.2, 0.25) is 0 Å². The van der Waals surface area contributed by atoms with Crippen molar-refractivity contribution in [1.29, 1.82) is 0 Å². The molecule has 0 fully saturated rings. The summed E-state index contributed by atoms with van der Waals surface area (Å²) in [4.78, 5) is 4.13. The normalized spacial score (nSPS) is 10.4. The Morgan fingerprint density at radius 1 is 1.39 bits per heavy atom. The van der Waals surface area contributed by atoms with Gasteiger partial charge in [-0.25, -0.2) is 9.37 Å². The molecule has 0 unspecified atom stereocenters. The third-order valence-corrected chi connectivity index (χ3v) is 2.97. The Hall–Kier alpha value is -1.69. The van der Waals surface area contributed by atoms with Gasteiger partial charge in [0.1, 0.15) is 6.26 Å². The number of ether oxygens (including phenoxy) is 1. The van der Waals surface area contributed by atoms with E-state index in [0.717, 1.165) is 5.56 Å². The summed E-state index contributed by atoms with van der Waals surface area (Å²) in [6.45, 7) is 3.58. The van der Waals surface area contributed by atoms with Crippen LogP contribution in [0.15, 0.2) is 27.8 Å². The van der Waals surface area contributed by atoms with E-state index < -0.39 is 5.82 Å². The Balaban J connectivity index is 2.18. The fourth-order valence-electron chi connectivity index (χ4n) is 1.51. The number of aromatic nitrogens is 1. The summed E-state index contributed by atoms with van der Waals surface area (Å²) in [5.74, 6) is 0.381. The predicted molar refractivity (Wildman–Crippen MR) is 68.4 cm³/mol. The number of hydrogen-bond donors (Lipinski definition) is 1. The molecular weight excluding hydrogens is 255 g/mol. The zero-order valence-corrected chi connectivity index (χ0v) is 11.1. The maximum atomic E-state index is 13.6. The number of hydrogen-bond acceptors (Lipinski definition) is 5. The van der Waals surface area contributed by atoms with Crippen molar-refractivity contribution in [3.8, 4) is 5.75 Å². The second-order valence-electron chi connectivity index (χ2n) is 3.74. The first-order chi connectivity index (χ1) is 8.60. The second-order valence-corrected chi connectivity index (χ2v) is 4.56. The monoisotopic (exact) mass is 268 g/mol. The molecule has 0 bridgehead atoms. The molecule has 0 spiro atoms. The van der Waals surface area contributed by atoms with E-state index in [1.807, 2.05) is 13.0 Å². The predicted octanol–water partition coefficient (Wildman–Crippen LogP) is 3.56. The molecule has 0 saturated carbocycles. The van der Waals surface area contributed by atoms with Crippen molar-refractivity contribution in [3.63, 3.8) is 0 Å². The van der Waals surface area contributed by atoms with Crippen LogP contribution in [0, 0.1) is 19.7 Å². The van der Waals surface area contributed by atoms with Gasteiger partial charge in [-0.15, -0.1) is 0 Å². The molecular formula is C12H13FN2O2S. The fourth-order valence-corrected chi connectivity index (χ4v) is 2.15.